The average molecular weight is 847 g/mol. The van der Waals surface area contributed by atoms with Gasteiger partial charge in [0.1, 0.15) is 18.0 Å². The number of imide groups is 1. The quantitative estimate of drug-likeness (QED) is 0.0825. The number of rotatable bonds is 13. The van der Waals surface area contributed by atoms with Gasteiger partial charge in [-0.1, -0.05) is 29.3 Å². The van der Waals surface area contributed by atoms with Crippen molar-refractivity contribution in [3.05, 3.63) is 87.5 Å². The molecule has 14 nitrogen and oxygen atoms in total. The van der Waals surface area contributed by atoms with Gasteiger partial charge in [-0.3, -0.25) is 34.1 Å². The SMILES string of the molecule is CC(Oc1cc(-c2cnn(C3CCN(C(=O)CCCCN4CC(Nc5cccc6c5CN(C5CCC(=O)NC5=O)C6=O)C4)CC3)c2)cnc1N)c1c(Cl)ccc(F)c1Cl. The Bertz CT molecular complexity index is 2280. The highest BCUT2D eigenvalue weighted by molar-refractivity contribution is 6.36. The van der Waals surface area contributed by atoms with E-state index in [1.807, 2.05) is 27.9 Å². The molecule has 8 rings (SSSR count). The Labute approximate surface area is 351 Å². The van der Waals surface area contributed by atoms with Crippen LogP contribution in [0.3, 0.4) is 0 Å². The van der Waals surface area contributed by atoms with E-state index in [-0.39, 0.29) is 52.1 Å². The lowest BCUT2D eigenvalue weighted by atomic mass is 10.0. The maximum Gasteiger partial charge on any atom is 0.255 e. The number of nitrogens with zero attached hydrogens (tertiary/aromatic N) is 6. The lowest BCUT2D eigenvalue weighted by Gasteiger charge is -2.40. The van der Waals surface area contributed by atoms with Crippen molar-refractivity contribution in [1.82, 2.24) is 34.8 Å². The topological polar surface area (TPSA) is 168 Å². The molecule has 310 valence electrons. The molecule has 0 radical (unpaired) electrons. The second-order valence-corrected chi connectivity index (χ2v) is 16.5. The van der Waals surface area contributed by atoms with Gasteiger partial charge in [0.2, 0.25) is 17.7 Å². The number of likely N-dealkylation sites (tertiary alicyclic amines) is 2. The molecule has 0 bridgehead atoms. The van der Waals surface area contributed by atoms with Crippen molar-refractivity contribution in [3.8, 4) is 16.9 Å². The van der Waals surface area contributed by atoms with E-state index in [0.717, 1.165) is 67.7 Å². The Morgan fingerprint density at radius 2 is 1.86 bits per heavy atom. The normalized spacial score (nSPS) is 19.4. The number of piperidine rings is 2. The minimum atomic E-state index is -0.695. The molecule has 4 aliphatic heterocycles. The third kappa shape index (κ3) is 8.59. The molecule has 4 aliphatic rings. The summed E-state index contributed by atoms with van der Waals surface area (Å²) in [6.07, 6.45) is 9.11. The molecule has 17 heteroatoms. The van der Waals surface area contributed by atoms with Crippen LogP contribution in [0.15, 0.2) is 55.0 Å². The van der Waals surface area contributed by atoms with E-state index in [0.29, 0.717) is 49.4 Å². The summed E-state index contributed by atoms with van der Waals surface area (Å²) < 4.78 is 22.2. The van der Waals surface area contributed by atoms with Crippen molar-refractivity contribution in [2.24, 2.45) is 0 Å². The van der Waals surface area contributed by atoms with E-state index >= 15 is 0 Å². The number of nitrogens with two attached hydrogens (primary N) is 1. The number of hydrogen-bond acceptors (Lipinski definition) is 10. The van der Waals surface area contributed by atoms with Gasteiger partial charge in [-0.05, 0) is 75.9 Å². The van der Waals surface area contributed by atoms with Crippen LogP contribution in [-0.2, 0) is 20.9 Å². The van der Waals surface area contributed by atoms with E-state index in [1.54, 1.807) is 36.4 Å². The maximum absolute atomic E-state index is 14.1. The minimum absolute atomic E-state index is 0.105. The van der Waals surface area contributed by atoms with Crippen LogP contribution in [-0.4, -0.2) is 97.9 Å². The second kappa shape index (κ2) is 17.2. The Hall–Kier alpha value is -5.25. The molecular weight excluding hydrogens is 800 g/mol. The fourth-order valence-electron chi connectivity index (χ4n) is 8.49. The molecule has 0 saturated carbocycles. The number of nitrogens with one attached hydrogen (secondary N) is 2. The van der Waals surface area contributed by atoms with Gasteiger partial charge < -0.3 is 25.6 Å². The van der Waals surface area contributed by atoms with Crippen LogP contribution in [0.25, 0.3) is 11.1 Å². The number of benzene rings is 2. The predicted molar refractivity (Wildman–Crippen MR) is 220 cm³/mol. The summed E-state index contributed by atoms with van der Waals surface area (Å²) in [5.74, 6) is -0.816. The van der Waals surface area contributed by atoms with Gasteiger partial charge in [-0.15, -0.1) is 0 Å². The van der Waals surface area contributed by atoms with Crippen LogP contribution >= 0.6 is 23.2 Å². The molecule has 2 aromatic heterocycles. The number of halogens is 3. The summed E-state index contributed by atoms with van der Waals surface area (Å²) in [6.45, 7) is 6.04. The Morgan fingerprint density at radius 1 is 1.07 bits per heavy atom. The van der Waals surface area contributed by atoms with Gasteiger partial charge >= 0.3 is 0 Å². The van der Waals surface area contributed by atoms with Gasteiger partial charge in [0.25, 0.3) is 5.91 Å². The van der Waals surface area contributed by atoms with Crippen molar-refractivity contribution in [2.75, 3.05) is 43.8 Å². The molecule has 4 amide bonds. The zero-order valence-corrected chi connectivity index (χ0v) is 34.1. The highest BCUT2D eigenvalue weighted by atomic mass is 35.5. The number of amides is 4. The van der Waals surface area contributed by atoms with Crippen molar-refractivity contribution < 1.29 is 28.3 Å². The Morgan fingerprint density at radius 3 is 2.64 bits per heavy atom. The first-order valence-electron chi connectivity index (χ1n) is 20.1. The smallest absolute Gasteiger partial charge is 0.255 e. The number of aromatic nitrogens is 3. The summed E-state index contributed by atoms with van der Waals surface area (Å²) in [7, 11) is 0. The average Bonchev–Trinajstić information content (AvgIpc) is 3.83. The third-order valence-corrected chi connectivity index (χ3v) is 12.5. The van der Waals surface area contributed by atoms with Gasteiger partial charge in [0.15, 0.2) is 11.6 Å². The van der Waals surface area contributed by atoms with Crippen molar-refractivity contribution in [1.29, 1.82) is 0 Å². The molecule has 2 unspecified atom stereocenters. The van der Waals surface area contributed by atoms with Crippen molar-refractivity contribution in [2.45, 2.75) is 82.6 Å². The highest BCUT2D eigenvalue weighted by Gasteiger charge is 2.40. The first kappa shape index (κ1) is 40.5. The molecule has 3 saturated heterocycles. The minimum Gasteiger partial charge on any atom is -0.482 e. The maximum atomic E-state index is 14.1. The zero-order valence-electron chi connectivity index (χ0n) is 32.6. The van der Waals surface area contributed by atoms with E-state index in [1.165, 1.54) is 12.1 Å². The summed E-state index contributed by atoms with van der Waals surface area (Å²) in [4.78, 5) is 60.6. The molecular formula is C42H46Cl2FN9O5. The summed E-state index contributed by atoms with van der Waals surface area (Å²) in [6, 6.07) is 9.79. The monoisotopic (exact) mass is 845 g/mol. The van der Waals surface area contributed by atoms with Gasteiger partial charge in [0.05, 0.1) is 23.3 Å². The lowest BCUT2D eigenvalue weighted by Crippen LogP contribution is -2.54. The standard InChI is InChI=1S/C42H46Cl2FN9O5/c1-24(38-31(43)8-9-32(45)39(38)44)59-35-17-25(18-47-40(35)46)26-19-48-54(20-26)28-12-15-52(16-13-28)37(56)7-2-3-14-51-21-27(22-51)49-33-6-4-5-29-30(33)23-53(42(29)58)34-10-11-36(55)50-41(34)57/h4-6,8-9,17-20,24,27-28,34,49H,2-3,7,10-16,21-23H2,1H3,(H2,46,47)(H,50,55,57). The number of ether oxygens (including phenoxy) is 1. The molecule has 4 N–H and O–H groups in total. The van der Waals surface area contributed by atoms with Crippen LogP contribution in [0.4, 0.5) is 15.9 Å². The van der Waals surface area contributed by atoms with Crippen molar-refractivity contribution >= 4 is 58.3 Å². The van der Waals surface area contributed by atoms with Gasteiger partial charge in [0, 0.05) is 96.5 Å². The van der Waals surface area contributed by atoms with Crippen LogP contribution in [0.1, 0.15) is 85.5 Å². The second-order valence-electron chi connectivity index (χ2n) is 15.7. The Kier molecular flexibility index (Phi) is 11.8. The lowest BCUT2D eigenvalue weighted by molar-refractivity contribution is -0.137. The van der Waals surface area contributed by atoms with E-state index in [9.17, 15) is 23.6 Å². The number of unbranched alkanes of at least 4 members (excludes halogenated alkanes) is 1. The number of nitrogen functional groups attached to an aromatic ring is 1. The fourth-order valence-corrected chi connectivity index (χ4v) is 9.17. The van der Waals surface area contributed by atoms with E-state index in [4.69, 9.17) is 33.7 Å². The fraction of sp³-hybridized carbons (Fsp3) is 0.429. The number of fused-ring (bicyclic) bond motifs is 1. The number of anilines is 2. The molecule has 6 heterocycles. The predicted octanol–water partition coefficient (Wildman–Crippen LogP) is 6.00. The zero-order chi connectivity index (χ0) is 41.4. The van der Waals surface area contributed by atoms with Crippen LogP contribution < -0.4 is 21.1 Å². The number of hydrogen-bond donors (Lipinski definition) is 3. The largest absolute Gasteiger partial charge is 0.482 e. The first-order chi connectivity index (χ1) is 28.4. The third-order valence-electron chi connectivity index (χ3n) is 11.8. The first-order valence-corrected chi connectivity index (χ1v) is 20.8. The highest BCUT2D eigenvalue weighted by Crippen LogP contribution is 2.38. The van der Waals surface area contributed by atoms with Crippen LogP contribution in [0, 0.1) is 5.82 Å². The molecule has 3 fully saturated rings. The molecule has 2 atom stereocenters. The number of carbonyl (C=O) groups excluding carboxylic acids is 4. The van der Waals surface area contributed by atoms with E-state index in [2.05, 4.69) is 25.6 Å². The molecule has 2 aromatic carbocycles. The molecule has 0 aliphatic carbocycles. The summed E-state index contributed by atoms with van der Waals surface area (Å²) in [5.41, 5.74) is 10.4. The molecule has 59 heavy (non-hydrogen) atoms. The van der Waals surface area contributed by atoms with Crippen LogP contribution in [0.5, 0.6) is 5.75 Å². The van der Waals surface area contributed by atoms with Crippen molar-refractivity contribution in [3.63, 3.8) is 0 Å². The summed E-state index contributed by atoms with van der Waals surface area (Å²) >= 11 is 12.5. The van der Waals surface area contributed by atoms with Gasteiger partial charge in [-0.25, -0.2) is 9.37 Å². The molecule has 0 spiro atoms. The number of pyridine rings is 1. The molecule has 4 aromatic rings. The van der Waals surface area contributed by atoms with Gasteiger partial charge in [-0.2, -0.15) is 5.10 Å². The van der Waals surface area contributed by atoms with Crippen LogP contribution in [0.2, 0.25) is 10.0 Å². The number of carbonyl (C=O) groups is 4. The van der Waals surface area contributed by atoms with E-state index < -0.39 is 23.9 Å². The Balaban J connectivity index is 0.750. The summed E-state index contributed by atoms with van der Waals surface area (Å²) in [5, 5.41) is 10.8.